The summed E-state index contributed by atoms with van der Waals surface area (Å²) in [4.78, 5) is 18.2. The monoisotopic (exact) mass is 220 g/mol. The van der Waals surface area contributed by atoms with Crippen LogP contribution in [0.1, 0.15) is 10.5 Å². The molecule has 2 aliphatic rings. The zero-order chi connectivity index (χ0) is 11.1. The lowest BCUT2D eigenvalue weighted by Gasteiger charge is -2.15. The number of aromatic nitrogens is 2. The number of hydrogen-bond acceptors (Lipinski definition) is 3. The van der Waals surface area contributed by atoms with Crippen molar-refractivity contribution in [1.29, 1.82) is 0 Å². The molecule has 0 aromatic carbocycles. The van der Waals surface area contributed by atoms with Crippen molar-refractivity contribution < 1.29 is 4.79 Å². The van der Waals surface area contributed by atoms with Crippen molar-refractivity contribution in [2.45, 2.75) is 0 Å². The van der Waals surface area contributed by atoms with Crippen LogP contribution in [0.15, 0.2) is 12.5 Å². The summed E-state index contributed by atoms with van der Waals surface area (Å²) in [6, 6.07) is 0. The summed E-state index contributed by atoms with van der Waals surface area (Å²) in [6.45, 7) is 3.87. The maximum Gasteiger partial charge on any atom is 0.274 e. The van der Waals surface area contributed by atoms with Crippen LogP contribution < -0.4 is 5.32 Å². The Morgan fingerprint density at radius 1 is 1.44 bits per heavy atom. The summed E-state index contributed by atoms with van der Waals surface area (Å²) >= 11 is 0. The number of nitrogens with one attached hydrogen (secondary N) is 1. The molecule has 0 saturated carbocycles. The van der Waals surface area contributed by atoms with Crippen molar-refractivity contribution in [2.75, 3.05) is 26.2 Å². The SMILES string of the molecule is Cn1cnc(C(=O)N2CC3CNCC3C2)c1. The van der Waals surface area contributed by atoms with Gasteiger partial charge in [0.1, 0.15) is 5.69 Å². The van der Waals surface area contributed by atoms with Crippen molar-refractivity contribution in [3.05, 3.63) is 18.2 Å². The molecule has 0 bridgehead atoms. The van der Waals surface area contributed by atoms with E-state index in [-0.39, 0.29) is 5.91 Å². The second kappa shape index (κ2) is 3.59. The molecule has 1 aromatic heterocycles. The van der Waals surface area contributed by atoms with Crippen molar-refractivity contribution in [1.82, 2.24) is 19.8 Å². The van der Waals surface area contributed by atoms with Gasteiger partial charge in [0.05, 0.1) is 6.33 Å². The normalized spacial score (nSPS) is 28.4. The number of imidazole rings is 1. The quantitative estimate of drug-likeness (QED) is 0.707. The fraction of sp³-hybridized carbons (Fsp3) is 0.636. The van der Waals surface area contributed by atoms with Crippen molar-refractivity contribution in [3.8, 4) is 0 Å². The maximum absolute atomic E-state index is 12.1. The lowest BCUT2D eigenvalue weighted by atomic mass is 10.0. The van der Waals surface area contributed by atoms with E-state index >= 15 is 0 Å². The van der Waals surface area contributed by atoms with Crippen molar-refractivity contribution in [2.24, 2.45) is 18.9 Å². The van der Waals surface area contributed by atoms with Gasteiger partial charge in [0.25, 0.3) is 5.91 Å². The Kier molecular flexibility index (Phi) is 2.21. The number of rotatable bonds is 1. The van der Waals surface area contributed by atoms with Gasteiger partial charge in [0.15, 0.2) is 0 Å². The molecule has 3 heterocycles. The predicted molar refractivity (Wildman–Crippen MR) is 59.0 cm³/mol. The number of nitrogens with zero attached hydrogens (tertiary/aromatic N) is 3. The van der Waals surface area contributed by atoms with Gasteiger partial charge in [-0.25, -0.2) is 4.98 Å². The molecule has 1 amide bonds. The standard InChI is InChI=1S/C11H16N4O/c1-14-6-10(13-7-14)11(16)15-4-8-2-12-3-9(8)5-15/h6-9,12H,2-5H2,1H3. The fourth-order valence-corrected chi connectivity index (χ4v) is 2.71. The average molecular weight is 220 g/mol. The molecule has 5 nitrogen and oxygen atoms in total. The van der Waals surface area contributed by atoms with Gasteiger partial charge in [-0.2, -0.15) is 0 Å². The van der Waals surface area contributed by atoms with Gasteiger partial charge in [-0.05, 0) is 11.8 Å². The number of likely N-dealkylation sites (tertiary alicyclic amines) is 1. The van der Waals surface area contributed by atoms with E-state index in [9.17, 15) is 4.79 Å². The second-order valence-electron chi connectivity index (χ2n) is 4.81. The predicted octanol–water partition coefficient (Wildman–Crippen LogP) is -0.288. The lowest BCUT2D eigenvalue weighted by molar-refractivity contribution is 0.0776. The van der Waals surface area contributed by atoms with Crippen LogP contribution in [0.3, 0.4) is 0 Å². The third kappa shape index (κ3) is 1.51. The van der Waals surface area contributed by atoms with Crippen LogP contribution in [0.2, 0.25) is 0 Å². The molecule has 0 radical (unpaired) electrons. The van der Waals surface area contributed by atoms with Gasteiger partial charge >= 0.3 is 0 Å². The molecule has 86 valence electrons. The van der Waals surface area contributed by atoms with Crippen LogP contribution in [-0.2, 0) is 7.05 Å². The van der Waals surface area contributed by atoms with Gasteiger partial charge in [-0.3, -0.25) is 4.79 Å². The highest BCUT2D eigenvalue weighted by Gasteiger charge is 2.38. The lowest BCUT2D eigenvalue weighted by Crippen LogP contribution is -2.32. The molecular weight excluding hydrogens is 204 g/mol. The molecule has 0 spiro atoms. The Balaban J connectivity index is 1.73. The summed E-state index contributed by atoms with van der Waals surface area (Å²) in [5, 5.41) is 3.37. The molecule has 2 unspecified atom stereocenters. The van der Waals surface area contributed by atoms with E-state index in [1.165, 1.54) is 0 Å². The molecule has 2 fully saturated rings. The Bertz CT molecular complexity index is 402. The number of hydrogen-bond donors (Lipinski definition) is 1. The zero-order valence-corrected chi connectivity index (χ0v) is 9.39. The molecule has 2 aliphatic heterocycles. The van der Waals surface area contributed by atoms with E-state index in [1.54, 1.807) is 12.5 Å². The summed E-state index contributed by atoms with van der Waals surface area (Å²) < 4.78 is 1.81. The first-order valence-corrected chi connectivity index (χ1v) is 5.72. The molecule has 1 aromatic rings. The smallest absolute Gasteiger partial charge is 0.274 e. The Morgan fingerprint density at radius 2 is 2.12 bits per heavy atom. The molecule has 0 aliphatic carbocycles. The van der Waals surface area contributed by atoms with E-state index in [0.717, 1.165) is 26.2 Å². The summed E-state index contributed by atoms with van der Waals surface area (Å²) in [5.74, 6) is 1.37. The minimum atomic E-state index is 0.0787. The highest BCUT2D eigenvalue weighted by molar-refractivity contribution is 5.92. The Morgan fingerprint density at radius 3 is 2.69 bits per heavy atom. The van der Waals surface area contributed by atoms with E-state index in [0.29, 0.717) is 17.5 Å². The van der Waals surface area contributed by atoms with Crippen LogP contribution >= 0.6 is 0 Å². The van der Waals surface area contributed by atoms with E-state index < -0.39 is 0 Å². The first-order chi connectivity index (χ1) is 7.74. The van der Waals surface area contributed by atoms with E-state index in [2.05, 4.69) is 10.3 Å². The third-order valence-electron chi connectivity index (χ3n) is 3.60. The molecule has 1 N–H and O–H groups in total. The maximum atomic E-state index is 12.1. The highest BCUT2D eigenvalue weighted by atomic mass is 16.2. The van der Waals surface area contributed by atoms with Crippen molar-refractivity contribution in [3.63, 3.8) is 0 Å². The van der Waals surface area contributed by atoms with Gasteiger partial charge in [-0.15, -0.1) is 0 Å². The summed E-state index contributed by atoms with van der Waals surface area (Å²) in [7, 11) is 1.88. The van der Waals surface area contributed by atoms with Gasteiger partial charge in [0, 0.05) is 39.4 Å². The topological polar surface area (TPSA) is 50.2 Å². The van der Waals surface area contributed by atoms with Crippen LogP contribution in [0.25, 0.3) is 0 Å². The third-order valence-corrected chi connectivity index (χ3v) is 3.60. The fourth-order valence-electron chi connectivity index (χ4n) is 2.71. The van der Waals surface area contributed by atoms with Crippen LogP contribution in [0.5, 0.6) is 0 Å². The first kappa shape index (κ1) is 9.84. The van der Waals surface area contributed by atoms with Crippen LogP contribution in [0, 0.1) is 11.8 Å². The molecule has 3 rings (SSSR count). The molecule has 2 atom stereocenters. The average Bonchev–Trinajstić information content (AvgIpc) is 2.89. The van der Waals surface area contributed by atoms with Crippen LogP contribution in [0.4, 0.5) is 0 Å². The zero-order valence-electron chi connectivity index (χ0n) is 9.39. The Hall–Kier alpha value is -1.36. The Labute approximate surface area is 94.4 Å². The number of amides is 1. The minimum Gasteiger partial charge on any atom is -0.340 e. The van der Waals surface area contributed by atoms with Gasteiger partial charge < -0.3 is 14.8 Å². The molecule has 2 saturated heterocycles. The molecular formula is C11H16N4O. The van der Waals surface area contributed by atoms with E-state index in [4.69, 9.17) is 0 Å². The first-order valence-electron chi connectivity index (χ1n) is 5.72. The van der Waals surface area contributed by atoms with Crippen LogP contribution in [-0.4, -0.2) is 46.5 Å². The number of aryl methyl sites for hydroxylation is 1. The summed E-state index contributed by atoms with van der Waals surface area (Å²) in [6.07, 6.45) is 3.46. The highest BCUT2D eigenvalue weighted by Crippen LogP contribution is 2.27. The largest absolute Gasteiger partial charge is 0.340 e. The number of carbonyl (C=O) groups is 1. The number of carbonyl (C=O) groups excluding carboxylic acids is 1. The summed E-state index contributed by atoms with van der Waals surface area (Å²) in [5.41, 5.74) is 0.565. The van der Waals surface area contributed by atoms with Crippen molar-refractivity contribution >= 4 is 5.91 Å². The molecule has 16 heavy (non-hydrogen) atoms. The number of fused-ring (bicyclic) bond motifs is 1. The second-order valence-corrected chi connectivity index (χ2v) is 4.81. The van der Waals surface area contributed by atoms with Gasteiger partial charge in [0.2, 0.25) is 0 Å². The van der Waals surface area contributed by atoms with E-state index in [1.807, 2.05) is 16.5 Å². The molecule has 5 heteroatoms. The van der Waals surface area contributed by atoms with Gasteiger partial charge in [-0.1, -0.05) is 0 Å². The minimum absolute atomic E-state index is 0.0787.